The Kier molecular flexibility index (Phi) is 2.82. The van der Waals surface area contributed by atoms with E-state index in [4.69, 9.17) is 5.11 Å². The van der Waals surface area contributed by atoms with Gasteiger partial charge in [0.05, 0.1) is 11.4 Å². The van der Waals surface area contributed by atoms with E-state index in [1.807, 2.05) is 30.3 Å². The maximum absolute atomic E-state index is 10.6. The Morgan fingerprint density at radius 1 is 1.12 bits per heavy atom. The normalized spacial score (nSPS) is 9.75. The molecule has 4 heteroatoms. The highest BCUT2D eigenvalue weighted by Crippen LogP contribution is 2.25. The summed E-state index contributed by atoms with van der Waals surface area (Å²) in [6.07, 6.45) is 0.593. The zero-order valence-corrected chi connectivity index (χ0v) is 8.42. The van der Waals surface area contributed by atoms with E-state index in [1.165, 1.54) is 0 Å². The number of hydrogen-bond donors (Lipinski definition) is 2. The van der Waals surface area contributed by atoms with Crippen LogP contribution in [0.25, 0.3) is 11.3 Å². The van der Waals surface area contributed by atoms with Crippen LogP contribution < -0.4 is 5.32 Å². The molecule has 0 aliphatic rings. The molecule has 0 radical (unpaired) electrons. The fraction of sp³-hybridized carbons (Fsp3) is 0. The number of carbonyl (C=O) groups is 1. The van der Waals surface area contributed by atoms with Crippen LogP contribution in [0, 0.1) is 0 Å². The van der Waals surface area contributed by atoms with Gasteiger partial charge in [-0.15, -0.1) is 0 Å². The van der Waals surface area contributed by atoms with Crippen molar-refractivity contribution in [3.63, 3.8) is 0 Å². The first-order valence-corrected chi connectivity index (χ1v) is 4.78. The van der Waals surface area contributed by atoms with E-state index < -0.39 is 6.09 Å². The SMILES string of the molecule is O=C(O)Nc1ccccc1-c1ccccn1. The summed E-state index contributed by atoms with van der Waals surface area (Å²) in [5.74, 6) is 0. The van der Waals surface area contributed by atoms with Crippen LogP contribution in [-0.4, -0.2) is 16.2 Å². The number of aromatic nitrogens is 1. The van der Waals surface area contributed by atoms with Crippen LogP contribution in [0.15, 0.2) is 48.7 Å². The highest BCUT2D eigenvalue weighted by atomic mass is 16.4. The Hall–Kier alpha value is -2.36. The van der Waals surface area contributed by atoms with Crippen molar-refractivity contribution >= 4 is 11.8 Å². The van der Waals surface area contributed by atoms with Gasteiger partial charge in [-0.2, -0.15) is 0 Å². The molecule has 80 valence electrons. The van der Waals surface area contributed by atoms with Crippen LogP contribution in [0.4, 0.5) is 10.5 Å². The van der Waals surface area contributed by atoms with Crippen molar-refractivity contribution < 1.29 is 9.90 Å². The molecular formula is C12H10N2O2. The van der Waals surface area contributed by atoms with Crippen LogP contribution in [0.3, 0.4) is 0 Å². The molecule has 1 aromatic carbocycles. The summed E-state index contributed by atoms with van der Waals surface area (Å²) >= 11 is 0. The monoisotopic (exact) mass is 214 g/mol. The minimum Gasteiger partial charge on any atom is -0.465 e. The van der Waals surface area contributed by atoms with E-state index in [1.54, 1.807) is 18.3 Å². The van der Waals surface area contributed by atoms with Gasteiger partial charge in [-0.1, -0.05) is 24.3 Å². The first kappa shape index (κ1) is 10.2. The largest absolute Gasteiger partial charge is 0.465 e. The van der Waals surface area contributed by atoms with Crippen molar-refractivity contribution in [2.75, 3.05) is 5.32 Å². The van der Waals surface area contributed by atoms with Gasteiger partial charge in [0.25, 0.3) is 0 Å². The summed E-state index contributed by atoms with van der Waals surface area (Å²) in [4.78, 5) is 14.8. The van der Waals surface area contributed by atoms with Gasteiger partial charge in [0.15, 0.2) is 0 Å². The predicted molar refractivity (Wildman–Crippen MR) is 61.3 cm³/mol. The van der Waals surface area contributed by atoms with Gasteiger partial charge in [-0.25, -0.2) is 4.79 Å². The average Bonchev–Trinajstić information content (AvgIpc) is 2.30. The zero-order chi connectivity index (χ0) is 11.4. The number of rotatable bonds is 2. The summed E-state index contributed by atoms with van der Waals surface area (Å²) in [5.41, 5.74) is 2.05. The third kappa shape index (κ3) is 2.17. The second-order valence-electron chi connectivity index (χ2n) is 3.19. The highest BCUT2D eigenvalue weighted by Gasteiger charge is 2.06. The quantitative estimate of drug-likeness (QED) is 0.807. The summed E-state index contributed by atoms with van der Waals surface area (Å²) in [6.45, 7) is 0. The van der Waals surface area contributed by atoms with Gasteiger partial charge in [0.1, 0.15) is 0 Å². The molecule has 0 bridgehead atoms. The second kappa shape index (κ2) is 4.44. The molecule has 0 saturated carbocycles. The van der Waals surface area contributed by atoms with Gasteiger partial charge in [-0.3, -0.25) is 10.3 Å². The Labute approximate surface area is 92.6 Å². The Morgan fingerprint density at radius 2 is 1.88 bits per heavy atom. The summed E-state index contributed by atoms with van der Waals surface area (Å²) < 4.78 is 0. The Bertz CT molecular complexity index is 497. The molecule has 0 atom stereocenters. The third-order valence-electron chi connectivity index (χ3n) is 2.11. The summed E-state index contributed by atoms with van der Waals surface area (Å²) in [6, 6.07) is 12.7. The summed E-state index contributed by atoms with van der Waals surface area (Å²) in [7, 11) is 0. The standard InChI is InChI=1S/C12H10N2O2/c15-12(16)14-11-7-2-1-5-9(11)10-6-3-4-8-13-10/h1-8,14H,(H,15,16). The zero-order valence-electron chi connectivity index (χ0n) is 8.42. The molecule has 0 unspecified atom stereocenters. The first-order chi connectivity index (χ1) is 7.77. The molecule has 2 aromatic rings. The van der Waals surface area contributed by atoms with E-state index in [2.05, 4.69) is 10.3 Å². The molecule has 0 saturated heterocycles. The number of anilines is 1. The number of hydrogen-bond acceptors (Lipinski definition) is 2. The maximum Gasteiger partial charge on any atom is 0.409 e. The molecule has 2 N–H and O–H groups in total. The van der Waals surface area contributed by atoms with Crippen molar-refractivity contribution in [1.29, 1.82) is 0 Å². The first-order valence-electron chi connectivity index (χ1n) is 4.78. The lowest BCUT2D eigenvalue weighted by Crippen LogP contribution is -2.08. The number of nitrogens with one attached hydrogen (secondary N) is 1. The second-order valence-corrected chi connectivity index (χ2v) is 3.19. The maximum atomic E-state index is 10.6. The smallest absolute Gasteiger partial charge is 0.409 e. The predicted octanol–water partition coefficient (Wildman–Crippen LogP) is 2.84. The van der Waals surface area contributed by atoms with Gasteiger partial charge < -0.3 is 5.11 Å². The van der Waals surface area contributed by atoms with E-state index in [0.717, 1.165) is 11.3 Å². The average molecular weight is 214 g/mol. The van der Waals surface area contributed by atoms with Crippen molar-refractivity contribution in [1.82, 2.24) is 4.98 Å². The number of carboxylic acid groups (broad SMARTS) is 1. The van der Waals surface area contributed by atoms with E-state index >= 15 is 0 Å². The third-order valence-corrected chi connectivity index (χ3v) is 2.11. The van der Waals surface area contributed by atoms with Crippen molar-refractivity contribution in [2.24, 2.45) is 0 Å². The van der Waals surface area contributed by atoms with Gasteiger partial charge in [0.2, 0.25) is 0 Å². The number of para-hydroxylation sites is 1. The van der Waals surface area contributed by atoms with Gasteiger partial charge in [-0.05, 0) is 18.2 Å². The lowest BCUT2D eigenvalue weighted by atomic mass is 10.1. The molecule has 4 nitrogen and oxygen atoms in total. The van der Waals surface area contributed by atoms with Crippen molar-refractivity contribution in [3.05, 3.63) is 48.7 Å². The lowest BCUT2D eigenvalue weighted by Gasteiger charge is -2.07. The highest BCUT2D eigenvalue weighted by molar-refractivity contribution is 5.89. The molecular weight excluding hydrogens is 204 g/mol. The number of pyridine rings is 1. The number of nitrogens with zero attached hydrogens (tertiary/aromatic N) is 1. The number of benzene rings is 1. The molecule has 1 heterocycles. The fourth-order valence-corrected chi connectivity index (χ4v) is 1.45. The molecule has 0 fully saturated rings. The molecule has 16 heavy (non-hydrogen) atoms. The minimum absolute atomic E-state index is 0.536. The Morgan fingerprint density at radius 3 is 2.56 bits per heavy atom. The molecule has 0 spiro atoms. The fourth-order valence-electron chi connectivity index (χ4n) is 1.45. The topological polar surface area (TPSA) is 62.2 Å². The Balaban J connectivity index is 2.44. The molecule has 1 amide bonds. The van der Waals surface area contributed by atoms with Crippen LogP contribution in [-0.2, 0) is 0 Å². The lowest BCUT2D eigenvalue weighted by molar-refractivity contribution is 0.210. The van der Waals surface area contributed by atoms with E-state index in [9.17, 15) is 4.79 Å². The van der Waals surface area contributed by atoms with Crippen molar-refractivity contribution in [3.8, 4) is 11.3 Å². The summed E-state index contributed by atoms with van der Waals surface area (Å²) in [5, 5.41) is 11.1. The number of amides is 1. The molecule has 0 aliphatic carbocycles. The van der Waals surface area contributed by atoms with Gasteiger partial charge in [0, 0.05) is 11.8 Å². The van der Waals surface area contributed by atoms with E-state index in [-0.39, 0.29) is 0 Å². The molecule has 2 rings (SSSR count). The van der Waals surface area contributed by atoms with Crippen LogP contribution >= 0.6 is 0 Å². The van der Waals surface area contributed by atoms with E-state index in [0.29, 0.717) is 5.69 Å². The van der Waals surface area contributed by atoms with Crippen LogP contribution in [0.5, 0.6) is 0 Å². The molecule has 0 aliphatic heterocycles. The van der Waals surface area contributed by atoms with Crippen LogP contribution in [0.1, 0.15) is 0 Å². The van der Waals surface area contributed by atoms with Crippen LogP contribution in [0.2, 0.25) is 0 Å². The van der Waals surface area contributed by atoms with Gasteiger partial charge >= 0.3 is 6.09 Å². The van der Waals surface area contributed by atoms with Crippen molar-refractivity contribution in [2.45, 2.75) is 0 Å². The minimum atomic E-state index is -1.08. The molecule has 1 aromatic heterocycles.